The number of urea groups is 1. The summed E-state index contributed by atoms with van der Waals surface area (Å²) in [6, 6.07) is 4.76. The highest BCUT2D eigenvalue weighted by molar-refractivity contribution is 5.95. The first kappa shape index (κ1) is 13.0. The van der Waals surface area contributed by atoms with Gasteiger partial charge in [0.1, 0.15) is 5.75 Å². The van der Waals surface area contributed by atoms with E-state index in [1.54, 1.807) is 6.92 Å². The lowest BCUT2D eigenvalue weighted by Crippen LogP contribution is -2.42. The third kappa shape index (κ3) is 4.14. The van der Waals surface area contributed by atoms with E-state index >= 15 is 0 Å². The minimum absolute atomic E-state index is 0.559. The Hall–Kier alpha value is -2.04. The van der Waals surface area contributed by atoms with Gasteiger partial charge in [0.15, 0.2) is 6.10 Å². The first-order chi connectivity index (χ1) is 7.88. The Morgan fingerprint density at radius 2 is 1.76 bits per heavy atom. The number of hydrogen-bond donors (Lipinski definition) is 2. The van der Waals surface area contributed by atoms with Gasteiger partial charge in [-0.25, -0.2) is 4.79 Å². The number of amides is 3. The lowest BCUT2D eigenvalue weighted by atomic mass is 10.1. The molecule has 1 atom stereocenters. The standard InChI is InChI=1S/C12H16N2O3/c1-7-4-8(2)6-10(5-7)17-9(3)11(15)14-12(13)16/h4-6,9H,1-3H3,(H3,13,14,15,16)/t9-/m1/s1. The summed E-state index contributed by atoms with van der Waals surface area (Å²) in [7, 11) is 0. The molecule has 0 saturated heterocycles. The second kappa shape index (κ2) is 5.34. The minimum atomic E-state index is -0.883. The van der Waals surface area contributed by atoms with Gasteiger partial charge in [-0.15, -0.1) is 0 Å². The van der Waals surface area contributed by atoms with Gasteiger partial charge in [-0.1, -0.05) is 6.07 Å². The smallest absolute Gasteiger partial charge is 0.318 e. The molecule has 0 radical (unpaired) electrons. The summed E-state index contributed by atoms with van der Waals surface area (Å²) in [6.45, 7) is 5.43. The molecule has 3 amide bonds. The number of primary amides is 1. The van der Waals surface area contributed by atoms with Crippen LogP contribution in [0.4, 0.5) is 4.79 Å². The molecule has 0 aromatic heterocycles. The number of benzene rings is 1. The number of nitrogens with one attached hydrogen (secondary N) is 1. The summed E-state index contributed by atoms with van der Waals surface area (Å²) in [5.41, 5.74) is 6.93. The number of carbonyl (C=O) groups is 2. The van der Waals surface area contributed by atoms with Crippen molar-refractivity contribution < 1.29 is 14.3 Å². The first-order valence-electron chi connectivity index (χ1n) is 5.23. The highest BCUT2D eigenvalue weighted by atomic mass is 16.5. The van der Waals surface area contributed by atoms with E-state index in [0.29, 0.717) is 5.75 Å². The zero-order valence-corrected chi connectivity index (χ0v) is 10.1. The van der Waals surface area contributed by atoms with Crippen molar-refractivity contribution in [2.75, 3.05) is 0 Å². The molecule has 0 bridgehead atoms. The van der Waals surface area contributed by atoms with Crippen molar-refractivity contribution in [1.82, 2.24) is 5.32 Å². The maximum Gasteiger partial charge on any atom is 0.318 e. The molecule has 0 heterocycles. The number of nitrogens with two attached hydrogens (primary N) is 1. The zero-order valence-electron chi connectivity index (χ0n) is 10.1. The predicted octanol–water partition coefficient (Wildman–Crippen LogP) is 1.27. The van der Waals surface area contributed by atoms with E-state index in [1.807, 2.05) is 37.4 Å². The van der Waals surface area contributed by atoms with E-state index in [1.165, 1.54) is 0 Å². The highest BCUT2D eigenvalue weighted by Gasteiger charge is 2.16. The summed E-state index contributed by atoms with van der Waals surface area (Å²) in [4.78, 5) is 21.9. The largest absolute Gasteiger partial charge is 0.481 e. The Kier molecular flexibility index (Phi) is 4.09. The second-order valence-electron chi connectivity index (χ2n) is 3.94. The van der Waals surface area contributed by atoms with Gasteiger partial charge in [-0.3, -0.25) is 10.1 Å². The molecule has 0 unspecified atom stereocenters. The van der Waals surface area contributed by atoms with E-state index in [-0.39, 0.29) is 0 Å². The average Bonchev–Trinajstić information content (AvgIpc) is 2.14. The van der Waals surface area contributed by atoms with Crippen molar-refractivity contribution in [1.29, 1.82) is 0 Å². The maximum absolute atomic E-state index is 11.4. The SMILES string of the molecule is Cc1cc(C)cc(O[C@H](C)C(=O)NC(N)=O)c1. The predicted molar refractivity (Wildman–Crippen MR) is 63.7 cm³/mol. The fraction of sp³-hybridized carbons (Fsp3) is 0.333. The molecule has 0 aliphatic heterocycles. The van der Waals surface area contributed by atoms with Gasteiger partial charge in [0.2, 0.25) is 0 Å². The molecule has 0 saturated carbocycles. The highest BCUT2D eigenvalue weighted by Crippen LogP contribution is 2.17. The van der Waals surface area contributed by atoms with Crippen LogP contribution in [-0.4, -0.2) is 18.0 Å². The van der Waals surface area contributed by atoms with Crippen LogP contribution in [-0.2, 0) is 4.79 Å². The summed E-state index contributed by atoms with van der Waals surface area (Å²) in [5.74, 6) is 0.0336. The van der Waals surface area contributed by atoms with Crippen molar-refractivity contribution in [2.24, 2.45) is 5.73 Å². The van der Waals surface area contributed by atoms with Gasteiger partial charge < -0.3 is 10.5 Å². The van der Waals surface area contributed by atoms with E-state index in [0.717, 1.165) is 11.1 Å². The van der Waals surface area contributed by atoms with Gasteiger partial charge in [0.05, 0.1) is 0 Å². The number of imide groups is 1. The molecule has 1 rings (SSSR count). The molecule has 0 spiro atoms. The van der Waals surface area contributed by atoms with Crippen molar-refractivity contribution in [3.63, 3.8) is 0 Å². The maximum atomic E-state index is 11.4. The van der Waals surface area contributed by atoms with E-state index in [2.05, 4.69) is 0 Å². The van der Waals surface area contributed by atoms with Gasteiger partial charge in [-0.2, -0.15) is 0 Å². The fourth-order valence-corrected chi connectivity index (χ4v) is 1.48. The van der Waals surface area contributed by atoms with E-state index < -0.39 is 18.0 Å². The Balaban J connectivity index is 2.70. The summed E-state index contributed by atoms with van der Waals surface area (Å²) in [6.07, 6.45) is -0.774. The molecule has 1 aromatic carbocycles. The summed E-state index contributed by atoms with van der Waals surface area (Å²) < 4.78 is 5.42. The molecule has 92 valence electrons. The number of carbonyl (C=O) groups excluding carboxylic acids is 2. The average molecular weight is 236 g/mol. The molecule has 0 fully saturated rings. The van der Waals surface area contributed by atoms with Crippen molar-refractivity contribution in [3.05, 3.63) is 29.3 Å². The molecular weight excluding hydrogens is 220 g/mol. The zero-order chi connectivity index (χ0) is 13.0. The Bertz CT molecular complexity index is 423. The molecule has 3 N–H and O–H groups in total. The normalized spacial score (nSPS) is 11.7. The third-order valence-electron chi connectivity index (χ3n) is 2.12. The Labute approximate surface area is 99.9 Å². The van der Waals surface area contributed by atoms with Crippen LogP contribution >= 0.6 is 0 Å². The summed E-state index contributed by atoms with van der Waals surface area (Å²) in [5, 5.41) is 1.97. The lowest BCUT2D eigenvalue weighted by Gasteiger charge is -2.14. The molecule has 0 aliphatic carbocycles. The van der Waals surface area contributed by atoms with Crippen LogP contribution < -0.4 is 15.8 Å². The Morgan fingerprint density at radius 3 is 2.24 bits per heavy atom. The van der Waals surface area contributed by atoms with Crippen molar-refractivity contribution >= 4 is 11.9 Å². The van der Waals surface area contributed by atoms with E-state index in [4.69, 9.17) is 10.5 Å². The van der Waals surface area contributed by atoms with Gasteiger partial charge >= 0.3 is 6.03 Å². The lowest BCUT2D eigenvalue weighted by molar-refractivity contribution is -0.126. The quantitative estimate of drug-likeness (QED) is 0.829. The number of ether oxygens (including phenoxy) is 1. The fourth-order valence-electron chi connectivity index (χ4n) is 1.48. The van der Waals surface area contributed by atoms with Crippen LogP contribution in [0, 0.1) is 13.8 Å². The van der Waals surface area contributed by atoms with Crippen molar-refractivity contribution in [3.8, 4) is 5.75 Å². The monoisotopic (exact) mass is 236 g/mol. The van der Waals surface area contributed by atoms with Gasteiger partial charge in [0, 0.05) is 0 Å². The number of rotatable bonds is 3. The molecule has 1 aromatic rings. The van der Waals surface area contributed by atoms with Crippen LogP contribution in [0.15, 0.2) is 18.2 Å². The first-order valence-corrected chi connectivity index (χ1v) is 5.23. The molecule has 17 heavy (non-hydrogen) atoms. The molecule has 5 heteroatoms. The van der Waals surface area contributed by atoms with Crippen LogP contribution in [0.1, 0.15) is 18.1 Å². The van der Waals surface area contributed by atoms with E-state index in [9.17, 15) is 9.59 Å². The van der Waals surface area contributed by atoms with Crippen LogP contribution in [0.3, 0.4) is 0 Å². The molecule has 0 aliphatic rings. The second-order valence-corrected chi connectivity index (χ2v) is 3.94. The van der Waals surface area contributed by atoms with Crippen LogP contribution in [0.5, 0.6) is 5.75 Å². The summed E-state index contributed by atoms with van der Waals surface area (Å²) >= 11 is 0. The minimum Gasteiger partial charge on any atom is -0.481 e. The van der Waals surface area contributed by atoms with Crippen LogP contribution in [0.2, 0.25) is 0 Å². The molecular formula is C12H16N2O3. The third-order valence-corrected chi connectivity index (χ3v) is 2.12. The topological polar surface area (TPSA) is 81.4 Å². The number of hydrogen-bond acceptors (Lipinski definition) is 3. The Morgan fingerprint density at radius 1 is 1.24 bits per heavy atom. The number of aryl methyl sites for hydroxylation is 2. The van der Waals surface area contributed by atoms with Gasteiger partial charge in [0.25, 0.3) is 5.91 Å². The van der Waals surface area contributed by atoms with Crippen molar-refractivity contribution in [2.45, 2.75) is 26.9 Å². The van der Waals surface area contributed by atoms with Crippen LogP contribution in [0.25, 0.3) is 0 Å². The van der Waals surface area contributed by atoms with Gasteiger partial charge in [-0.05, 0) is 44.0 Å². The molecule has 5 nitrogen and oxygen atoms in total.